The number of carbonyl (C=O) groups is 2. The highest BCUT2D eigenvalue weighted by atomic mass is 35.5. The number of amides is 1. The van der Waals surface area contributed by atoms with Crippen molar-refractivity contribution in [3.8, 4) is 0 Å². The highest BCUT2D eigenvalue weighted by Gasteiger charge is 2.18. The molecule has 0 bridgehead atoms. The van der Waals surface area contributed by atoms with E-state index in [9.17, 15) is 19.7 Å². The number of hydrogen-bond donors (Lipinski definition) is 1. The van der Waals surface area contributed by atoms with Gasteiger partial charge in [-0.1, -0.05) is 17.7 Å². The molecule has 9 heteroatoms. The Morgan fingerprint density at radius 3 is 2.73 bits per heavy atom. The van der Waals surface area contributed by atoms with E-state index in [2.05, 4.69) is 5.32 Å². The van der Waals surface area contributed by atoms with Gasteiger partial charge < -0.3 is 14.5 Å². The van der Waals surface area contributed by atoms with Crippen molar-refractivity contribution in [1.82, 2.24) is 0 Å². The molecule has 1 heterocycles. The summed E-state index contributed by atoms with van der Waals surface area (Å²) >= 11 is 5.89. The Morgan fingerprint density at radius 1 is 1.35 bits per heavy atom. The molecule has 2 rings (SSSR count). The van der Waals surface area contributed by atoms with E-state index in [0.717, 1.165) is 17.7 Å². The third kappa shape index (κ3) is 5.18. The SMILES string of the molecule is Cc1ccc(Cl)cc1NC(=O)[C@@H](C)OC(=O)/C=C/c1ccc([N+](=O)[O-])o1. The molecule has 0 aliphatic rings. The summed E-state index contributed by atoms with van der Waals surface area (Å²) in [4.78, 5) is 33.7. The summed E-state index contributed by atoms with van der Waals surface area (Å²) in [5.74, 6) is -1.65. The lowest BCUT2D eigenvalue weighted by Crippen LogP contribution is -2.29. The van der Waals surface area contributed by atoms with E-state index in [-0.39, 0.29) is 5.76 Å². The van der Waals surface area contributed by atoms with E-state index >= 15 is 0 Å². The van der Waals surface area contributed by atoms with Crippen LogP contribution in [-0.2, 0) is 14.3 Å². The average Bonchev–Trinajstić information content (AvgIpc) is 3.05. The largest absolute Gasteiger partial charge is 0.449 e. The standard InChI is InChI=1S/C17H15ClN2O6/c1-10-3-4-12(18)9-14(10)19-17(22)11(2)25-16(21)8-6-13-5-7-15(26-13)20(23)24/h3-9,11H,1-2H3,(H,19,22)/b8-6+/t11-/m1/s1. The number of nitrogens with zero attached hydrogens (tertiary/aromatic N) is 1. The van der Waals surface area contributed by atoms with Crippen molar-refractivity contribution in [3.05, 3.63) is 62.9 Å². The zero-order valence-electron chi connectivity index (χ0n) is 13.9. The number of ether oxygens (including phenoxy) is 1. The number of nitro groups is 1. The molecule has 1 N–H and O–H groups in total. The van der Waals surface area contributed by atoms with Crippen LogP contribution >= 0.6 is 11.6 Å². The maximum absolute atomic E-state index is 12.1. The highest BCUT2D eigenvalue weighted by molar-refractivity contribution is 6.31. The molecule has 0 spiro atoms. The summed E-state index contributed by atoms with van der Waals surface area (Å²) < 4.78 is 9.85. The summed E-state index contributed by atoms with van der Waals surface area (Å²) in [7, 11) is 0. The molecule has 2 aromatic rings. The predicted molar refractivity (Wildman–Crippen MR) is 94.8 cm³/mol. The third-order valence-electron chi connectivity index (χ3n) is 3.30. The zero-order chi connectivity index (χ0) is 19.3. The molecule has 0 aliphatic carbocycles. The third-order valence-corrected chi connectivity index (χ3v) is 3.53. The summed E-state index contributed by atoms with van der Waals surface area (Å²) in [5, 5.41) is 13.6. The Labute approximate surface area is 153 Å². The van der Waals surface area contributed by atoms with Crippen molar-refractivity contribution in [2.45, 2.75) is 20.0 Å². The van der Waals surface area contributed by atoms with Crippen LogP contribution in [0.5, 0.6) is 0 Å². The first kappa shape index (κ1) is 19.2. The molecule has 1 aromatic carbocycles. The molecule has 1 aromatic heterocycles. The Morgan fingerprint density at radius 2 is 2.08 bits per heavy atom. The van der Waals surface area contributed by atoms with Crippen molar-refractivity contribution in [1.29, 1.82) is 0 Å². The normalized spacial score (nSPS) is 12.0. The van der Waals surface area contributed by atoms with Crippen molar-refractivity contribution < 1.29 is 23.7 Å². The van der Waals surface area contributed by atoms with Crippen LogP contribution in [0.15, 0.2) is 40.8 Å². The molecule has 136 valence electrons. The van der Waals surface area contributed by atoms with Crippen LogP contribution in [0.1, 0.15) is 18.2 Å². The fourth-order valence-corrected chi connectivity index (χ4v) is 2.08. The zero-order valence-corrected chi connectivity index (χ0v) is 14.6. The summed E-state index contributed by atoms with van der Waals surface area (Å²) in [6, 6.07) is 7.53. The van der Waals surface area contributed by atoms with Gasteiger partial charge in [0.25, 0.3) is 5.91 Å². The van der Waals surface area contributed by atoms with Gasteiger partial charge in [-0.3, -0.25) is 14.9 Å². The first-order valence-corrected chi connectivity index (χ1v) is 7.84. The average molecular weight is 379 g/mol. The molecule has 26 heavy (non-hydrogen) atoms. The van der Waals surface area contributed by atoms with Crippen LogP contribution in [0, 0.1) is 17.0 Å². The van der Waals surface area contributed by atoms with Gasteiger partial charge in [-0.05, 0) is 43.7 Å². The van der Waals surface area contributed by atoms with Crippen molar-refractivity contribution in [3.63, 3.8) is 0 Å². The first-order chi connectivity index (χ1) is 12.3. The fourth-order valence-electron chi connectivity index (χ4n) is 1.91. The molecule has 1 atom stereocenters. The minimum absolute atomic E-state index is 0.111. The fraction of sp³-hybridized carbons (Fsp3) is 0.176. The first-order valence-electron chi connectivity index (χ1n) is 7.46. The molecule has 0 fully saturated rings. The molecule has 0 saturated carbocycles. The maximum atomic E-state index is 12.1. The lowest BCUT2D eigenvalue weighted by atomic mass is 10.2. The van der Waals surface area contributed by atoms with Crippen LogP contribution in [0.25, 0.3) is 6.08 Å². The van der Waals surface area contributed by atoms with Crippen LogP contribution in [0.2, 0.25) is 5.02 Å². The van der Waals surface area contributed by atoms with Gasteiger partial charge in [0.05, 0.1) is 6.07 Å². The van der Waals surface area contributed by atoms with E-state index < -0.39 is 28.8 Å². The van der Waals surface area contributed by atoms with Gasteiger partial charge in [0.1, 0.15) is 10.7 Å². The van der Waals surface area contributed by atoms with Gasteiger partial charge >= 0.3 is 11.9 Å². The van der Waals surface area contributed by atoms with Crippen LogP contribution in [-0.4, -0.2) is 22.9 Å². The second kappa shape index (κ2) is 8.30. The smallest absolute Gasteiger partial charge is 0.433 e. The van der Waals surface area contributed by atoms with Gasteiger partial charge in [0.2, 0.25) is 0 Å². The van der Waals surface area contributed by atoms with Gasteiger partial charge in [0.15, 0.2) is 6.10 Å². The minimum atomic E-state index is -1.06. The number of esters is 1. The summed E-state index contributed by atoms with van der Waals surface area (Å²) in [6.07, 6.45) is 1.16. The Bertz CT molecular complexity index is 874. The van der Waals surface area contributed by atoms with Crippen LogP contribution in [0.3, 0.4) is 0 Å². The Balaban J connectivity index is 1.93. The molecule has 8 nitrogen and oxygen atoms in total. The predicted octanol–water partition coefficient (Wildman–Crippen LogP) is 3.73. The molecule has 1 amide bonds. The number of benzene rings is 1. The second-order valence-electron chi connectivity index (χ2n) is 5.29. The van der Waals surface area contributed by atoms with Crippen molar-refractivity contribution in [2.24, 2.45) is 0 Å². The number of halogens is 1. The van der Waals surface area contributed by atoms with E-state index in [0.29, 0.717) is 10.7 Å². The molecule has 0 unspecified atom stereocenters. The Kier molecular flexibility index (Phi) is 6.13. The summed E-state index contributed by atoms with van der Waals surface area (Å²) in [6.45, 7) is 3.21. The van der Waals surface area contributed by atoms with E-state index in [4.69, 9.17) is 20.8 Å². The van der Waals surface area contributed by atoms with Crippen molar-refractivity contribution in [2.75, 3.05) is 5.32 Å². The van der Waals surface area contributed by atoms with E-state index in [1.54, 1.807) is 25.1 Å². The number of rotatable bonds is 6. The van der Waals surface area contributed by atoms with Crippen molar-refractivity contribution >= 4 is 41.1 Å². The number of anilines is 1. The lowest BCUT2D eigenvalue weighted by Gasteiger charge is -2.14. The molecular formula is C17H15ClN2O6. The lowest BCUT2D eigenvalue weighted by molar-refractivity contribution is -0.402. The topological polar surface area (TPSA) is 112 Å². The number of nitrogens with one attached hydrogen (secondary N) is 1. The Hall–Kier alpha value is -3.13. The second-order valence-corrected chi connectivity index (χ2v) is 5.73. The van der Waals surface area contributed by atoms with E-state index in [1.807, 2.05) is 0 Å². The molecule has 0 saturated heterocycles. The van der Waals surface area contributed by atoms with Gasteiger partial charge in [0, 0.05) is 16.8 Å². The van der Waals surface area contributed by atoms with Gasteiger partial charge in [-0.25, -0.2) is 4.79 Å². The van der Waals surface area contributed by atoms with Gasteiger partial charge in [-0.15, -0.1) is 0 Å². The monoisotopic (exact) mass is 378 g/mol. The van der Waals surface area contributed by atoms with Crippen LogP contribution < -0.4 is 5.32 Å². The summed E-state index contributed by atoms with van der Waals surface area (Å²) in [5.41, 5.74) is 1.32. The molecular weight excluding hydrogens is 364 g/mol. The minimum Gasteiger partial charge on any atom is -0.449 e. The van der Waals surface area contributed by atoms with Gasteiger partial charge in [-0.2, -0.15) is 0 Å². The number of carbonyl (C=O) groups excluding carboxylic acids is 2. The molecule has 0 radical (unpaired) electrons. The van der Waals surface area contributed by atoms with Crippen LogP contribution in [0.4, 0.5) is 11.6 Å². The number of hydrogen-bond acceptors (Lipinski definition) is 6. The maximum Gasteiger partial charge on any atom is 0.433 e. The molecule has 0 aliphatic heterocycles. The quantitative estimate of drug-likeness (QED) is 0.354. The van der Waals surface area contributed by atoms with E-state index in [1.165, 1.54) is 19.1 Å². The number of aryl methyl sites for hydroxylation is 1. The highest BCUT2D eigenvalue weighted by Crippen LogP contribution is 2.20. The number of furan rings is 1.